The molecule has 20 heavy (non-hydrogen) atoms. The summed E-state index contributed by atoms with van der Waals surface area (Å²) in [7, 11) is 0. The summed E-state index contributed by atoms with van der Waals surface area (Å²) in [6.07, 6.45) is 2.10. The zero-order valence-corrected chi connectivity index (χ0v) is 12.5. The van der Waals surface area contributed by atoms with Crippen LogP contribution in [0.1, 0.15) is 25.3 Å². The first-order valence-electron chi connectivity index (χ1n) is 6.87. The quantitative estimate of drug-likeness (QED) is 0.832. The van der Waals surface area contributed by atoms with Crippen LogP contribution >= 0.6 is 12.6 Å². The van der Waals surface area contributed by atoms with Crippen LogP contribution in [0.3, 0.4) is 0 Å². The number of amides is 2. The van der Waals surface area contributed by atoms with E-state index in [1.54, 1.807) is 0 Å². The van der Waals surface area contributed by atoms with Gasteiger partial charge < -0.3 is 10.2 Å². The van der Waals surface area contributed by atoms with E-state index in [1.165, 1.54) is 6.92 Å². The van der Waals surface area contributed by atoms with Crippen molar-refractivity contribution >= 4 is 24.4 Å². The Labute approximate surface area is 124 Å². The zero-order valence-electron chi connectivity index (χ0n) is 11.6. The molecule has 1 saturated heterocycles. The first kappa shape index (κ1) is 14.9. The van der Waals surface area contributed by atoms with Crippen LogP contribution < -0.4 is 5.32 Å². The summed E-state index contributed by atoms with van der Waals surface area (Å²) >= 11 is 4.23. The number of nitrogens with one attached hydrogen (secondary N) is 1. The highest BCUT2D eigenvalue weighted by atomic mass is 32.1. The van der Waals surface area contributed by atoms with Crippen LogP contribution in [-0.4, -0.2) is 35.8 Å². The fraction of sp³-hybridized carbons (Fsp3) is 0.467. The number of benzene rings is 1. The van der Waals surface area contributed by atoms with E-state index in [1.807, 2.05) is 29.2 Å². The number of rotatable bonds is 3. The van der Waals surface area contributed by atoms with Gasteiger partial charge in [0.05, 0.1) is 6.42 Å². The summed E-state index contributed by atoms with van der Waals surface area (Å²) in [6.45, 7) is 2.96. The molecule has 1 aromatic carbocycles. The molecule has 5 heteroatoms. The molecule has 0 spiro atoms. The minimum atomic E-state index is 0.00150. The van der Waals surface area contributed by atoms with Crippen molar-refractivity contribution in [3.63, 3.8) is 0 Å². The van der Waals surface area contributed by atoms with Gasteiger partial charge in [0.15, 0.2) is 0 Å². The van der Waals surface area contributed by atoms with Crippen LogP contribution in [0.4, 0.5) is 0 Å². The van der Waals surface area contributed by atoms with Gasteiger partial charge >= 0.3 is 0 Å². The van der Waals surface area contributed by atoms with Gasteiger partial charge in [0.1, 0.15) is 0 Å². The fourth-order valence-electron chi connectivity index (χ4n) is 2.46. The molecular weight excluding hydrogens is 272 g/mol. The van der Waals surface area contributed by atoms with Crippen molar-refractivity contribution in [2.45, 2.75) is 37.1 Å². The number of hydrogen-bond acceptors (Lipinski definition) is 3. The van der Waals surface area contributed by atoms with Gasteiger partial charge in [-0.05, 0) is 30.5 Å². The molecule has 108 valence electrons. The van der Waals surface area contributed by atoms with E-state index in [0.717, 1.165) is 23.3 Å². The third-order valence-electron chi connectivity index (χ3n) is 3.55. The second-order valence-corrected chi connectivity index (χ2v) is 5.72. The molecule has 1 aliphatic heterocycles. The van der Waals surface area contributed by atoms with Gasteiger partial charge in [-0.3, -0.25) is 9.59 Å². The zero-order chi connectivity index (χ0) is 14.5. The van der Waals surface area contributed by atoms with Crippen LogP contribution in [0.25, 0.3) is 0 Å². The molecule has 0 atom stereocenters. The van der Waals surface area contributed by atoms with Crippen molar-refractivity contribution in [1.82, 2.24) is 10.2 Å². The van der Waals surface area contributed by atoms with Gasteiger partial charge in [0.2, 0.25) is 11.8 Å². The number of thiol groups is 1. The molecule has 0 aromatic heterocycles. The normalized spacial score (nSPS) is 16.0. The Morgan fingerprint density at radius 2 is 1.85 bits per heavy atom. The lowest BCUT2D eigenvalue weighted by Gasteiger charge is -2.32. The minimum absolute atomic E-state index is 0.00150. The van der Waals surface area contributed by atoms with E-state index < -0.39 is 0 Å². The third-order valence-corrected chi connectivity index (χ3v) is 3.84. The van der Waals surface area contributed by atoms with Gasteiger partial charge in [-0.2, -0.15) is 0 Å². The number of hydrogen-bond donors (Lipinski definition) is 2. The molecule has 1 N–H and O–H groups in total. The van der Waals surface area contributed by atoms with E-state index in [-0.39, 0.29) is 17.9 Å². The van der Waals surface area contributed by atoms with Crippen molar-refractivity contribution in [2.24, 2.45) is 0 Å². The number of piperidine rings is 1. The summed E-state index contributed by atoms with van der Waals surface area (Å²) in [5, 5.41) is 2.91. The Bertz CT molecular complexity index is 479. The predicted molar refractivity (Wildman–Crippen MR) is 80.8 cm³/mol. The molecule has 1 fully saturated rings. The lowest BCUT2D eigenvalue weighted by atomic mass is 10.0. The average molecular weight is 292 g/mol. The SMILES string of the molecule is CC(=O)NC1CCN(C(=O)Cc2ccc(S)cc2)CC1. The maximum absolute atomic E-state index is 12.2. The topological polar surface area (TPSA) is 49.4 Å². The van der Waals surface area contributed by atoms with E-state index >= 15 is 0 Å². The molecule has 1 heterocycles. The lowest BCUT2D eigenvalue weighted by Crippen LogP contribution is -2.46. The Balaban J connectivity index is 1.82. The van der Waals surface area contributed by atoms with Gasteiger partial charge in [-0.1, -0.05) is 12.1 Å². The van der Waals surface area contributed by atoms with Crippen LogP contribution in [-0.2, 0) is 16.0 Å². The maximum Gasteiger partial charge on any atom is 0.226 e. The molecule has 0 bridgehead atoms. The third kappa shape index (κ3) is 4.27. The Morgan fingerprint density at radius 3 is 2.40 bits per heavy atom. The van der Waals surface area contributed by atoms with Crippen molar-refractivity contribution in [2.75, 3.05) is 13.1 Å². The second-order valence-electron chi connectivity index (χ2n) is 5.20. The molecule has 4 nitrogen and oxygen atoms in total. The first-order chi connectivity index (χ1) is 9.54. The van der Waals surface area contributed by atoms with Crippen LogP contribution in [0, 0.1) is 0 Å². The van der Waals surface area contributed by atoms with Crippen LogP contribution in [0.5, 0.6) is 0 Å². The molecule has 2 amide bonds. The minimum Gasteiger partial charge on any atom is -0.353 e. The highest BCUT2D eigenvalue weighted by molar-refractivity contribution is 7.80. The highest BCUT2D eigenvalue weighted by Crippen LogP contribution is 2.13. The molecule has 1 aliphatic rings. The van der Waals surface area contributed by atoms with Crippen molar-refractivity contribution in [3.8, 4) is 0 Å². The molecule has 0 radical (unpaired) electrons. The summed E-state index contributed by atoms with van der Waals surface area (Å²) in [6, 6.07) is 7.87. The lowest BCUT2D eigenvalue weighted by molar-refractivity contribution is -0.131. The molecule has 0 saturated carbocycles. The first-order valence-corrected chi connectivity index (χ1v) is 7.32. The predicted octanol–water partition coefficient (Wildman–Crippen LogP) is 1.64. The summed E-state index contributed by atoms with van der Waals surface area (Å²) in [5.74, 6) is 0.153. The number of carbonyl (C=O) groups is 2. The smallest absolute Gasteiger partial charge is 0.226 e. The summed E-state index contributed by atoms with van der Waals surface area (Å²) in [5.41, 5.74) is 1.01. The summed E-state index contributed by atoms with van der Waals surface area (Å²) in [4.78, 5) is 26.0. The number of nitrogens with zero attached hydrogens (tertiary/aromatic N) is 1. The number of carbonyl (C=O) groups excluding carboxylic acids is 2. The Kier molecular flexibility index (Phi) is 5.06. The highest BCUT2D eigenvalue weighted by Gasteiger charge is 2.22. The van der Waals surface area contributed by atoms with Gasteiger partial charge in [-0.25, -0.2) is 0 Å². The second kappa shape index (κ2) is 6.79. The average Bonchev–Trinajstić information content (AvgIpc) is 2.41. The standard InChI is InChI=1S/C15H20N2O2S/c1-11(18)16-13-6-8-17(9-7-13)15(19)10-12-2-4-14(20)5-3-12/h2-5,13,20H,6-10H2,1H3,(H,16,18). The van der Waals surface area contributed by atoms with Crippen molar-refractivity contribution in [1.29, 1.82) is 0 Å². The van der Waals surface area contributed by atoms with E-state index in [9.17, 15) is 9.59 Å². The molecule has 0 aliphatic carbocycles. The van der Waals surface area contributed by atoms with E-state index in [4.69, 9.17) is 0 Å². The molecule has 2 rings (SSSR count). The fourth-order valence-corrected chi connectivity index (χ4v) is 2.61. The maximum atomic E-state index is 12.2. The molecule has 1 aromatic rings. The number of likely N-dealkylation sites (tertiary alicyclic amines) is 1. The van der Waals surface area contributed by atoms with Crippen molar-refractivity contribution in [3.05, 3.63) is 29.8 Å². The Hall–Kier alpha value is -1.49. The van der Waals surface area contributed by atoms with Crippen LogP contribution in [0.15, 0.2) is 29.2 Å². The van der Waals surface area contributed by atoms with Gasteiger partial charge in [0.25, 0.3) is 0 Å². The monoisotopic (exact) mass is 292 g/mol. The largest absolute Gasteiger partial charge is 0.353 e. The van der Waals surface area contributed by atoms with Crippen molar-refractivity contribution < 1.29 is 9.59 Å². The van der Waals surface area contributed by atoms with Crippen LogP contribution in [0.2, 0.25) is 0 Å². The Morgan fingerprint density at radius 1 is 1.25 bits per heavy atom. The molecular formula is C15H20N2O2S. The summed E-state index contributed by atoms with van der Waals surface area (Å²) < 4.78 is 0. The van der Waals surface area contributed by atoms with E-state index in [0.29, 0.717) is 19.5 Å². The molecule has 0 unspecified atom stereocenters. The van der Waals surface area contributed by atoms with E-state index in [2.05, 4.69) is 17.9 Å². The van der Waals surface area contributed by atoms with Gasteiger partial charge in [0, 0.05) is 31.0 Å². The van der Waals surface area contributed by atoms with Gasteiger partial charge in [-0.15, -0.1) is 12.6 Å².